The molecule has 0 atom stereocenters. The first-order chi connectivity index (χ1) is 8.70. The lowest BCUT2D eigenvalue weighted by atomic mass is 9.93. The molecule has 0 spiro atoms. The number of halogens is 1. The highest BCUT2D eigenvalue weighted by atomic mass is 79.9. The van der Waals surface area contributed by atoms with Crippen LogP contribution >= 0.6 is 15.9 Å². The van der Waals surface area contributed by atoms with Crippen molar-refractivity contribution in [3.05, 3.63) is 28.5 Å². The van der Waals surface area contributed by atoms with Gasteiger partial charge in [0.15, 0.2) is 0 Å². The Morgan fingerprint density at radius 3 is 2.78 bits per heavy atom. The van der Waals surface area contributed by atoms with Crippen molar-refractivity contribution < 1.29 is 4.79 Å². The standard InChI is InChI=1S/C13H18BrN3O/c14-12-7-11(8-16-9-12)13(18)17-5-2-10(1-4-15)3-6-17/h7-10H,1-6,15H2. The molecule has 0 bridgehead atoms. The molecule has 1 fully saturated rings. The van der Waals surface area contributed by atoms with Crippen molar-refractivity contribution >= 4 is 21.8 Å². The van der Waals surface area contributed by atoms with Crippen LogP contribution in [0, 0.1) is 5.92 Å². The minimum atomic E-state index is 0.0787. The average Bonchev–Trinajstić information content (AvgIpc) is 2.39. The van der Waals surface area contributed by atoms with Crippen LogP contribution in [-0.2, 0) is 0 Å². The van der Waals surface area contributed by atoms with Crippen molar-refractivity contribution in [1.82, 2.24) is 9.88 Å². The number of rotatable bonds is 3. The van der Waals surface area contributed by atoms with E-state index in [4.69, 9.17) is 5.73 Å². The molecule has 18 heavy (non-hydrogen) atoms. The first-order valence-electron chi connectivity index (χ1n) is 6.30. The van der Waals surface area contributed by atoms with E-state index in [9.17, 15) is 4.79 Å². The number of carbonyl (C=O) groups excluding carboxylic acids is 1. The Morgan fingerprint density at radius 2 is 2.17 bits per heavy atom. The topological polar surface area (TPSA) is 59.2 Å². The second-order valence-corrected chi connectivity index (χ2v) is 5.62. The van der Waals surface area contributed by atoms with E-state index in [0.29, 0.717) is 11.5 Å². The smallest absolute Gasteiger partial charge is 0.255 e. The summed E-state index contributed by atoms with van der Waals surface area (Å²) in [4.78, 5) is 18.2. The van der Waals surface area contributed by atoms with Crippen molar-refractivity contribution in [2.45, 2.75) is 19.3 Å². The molecule has 1 saturated heterocycles. The van der Waals surface area contributed by atoms with E-state index < -0.39 is 0 Å². The van der Waals surface area contributed by atoms with E-state index in [0.717, 1.165) is 43.4 Å². The van der Waals surface area contributed by atoms with Gasteiger partial charge in [-0.25, -0.2) is 0 Å². The first-order valence-corrected chi connectivity index (χ1v) is 7.10. The minimum Gasteiger partial charge on any atom is -0.339 e. The molecule has 0 unspecified atom stereocenters. The summed E-state index contributed by atoms with van der Waals surface area (Å²) < 4.78 is 0.839. The molecule has 1 aliphatic rings. The first kappa shape index (κ1) is 13.5. The molecule has 4 nitrogen and oxygen atoms in total. The van der Waals surface area contributed by atoms with Gasteiger partial charge in [0.05, 0.1) is 5.56 Å². The van der Waals surface area contributed by atoms with Crippen LogP contribution in [0.2, 0.25) is 0 Å². The quantitative estimate of drug-likeness (QED) is 0.929. The highest BCUT2D eigenvalue weighted by Crippen LogP contribution is 2.21. The summed E-state index contributed by atoms with van der Waals surface area (Å²) in [6.07, 6.45) is 6.50. The van der Waals surface area contributed by atoms with Gasteiger partial charge in [0.1, 0.15) is 0 Å². The molecule has 2 rings (SSSR count). The molecule has 5 heteroatoms. The number of aromatic nitrogens is 1. The van der Waals surface area contributed by atoms with Crippen LogP contribution in [0.4, 0.5) is 0 Å². The normalized spacial score (nSPS) is 16.9. The Labute approximate surface area is 116 Å². The van der Waals surface area contributed by atoms with Crippen molar-refractivity contribution in [3.8, 4) is 0 Å². The molecule has 1 amide bonds. The van der Waals surface area contributed by atoms with Crippen LogP contribution in [0.25, 0.3) is 0 Å². The molecular weight excluding hydrogens is 294 g/mol. The zero-order chi connectivity index (χ0) is 13.0. The summed E-state index contributed by atoms with van der Waals surface area (Å²) in [5.41, 5.74) is 6.22. The Bertz CT molecular complexity index is 416. The van der Waals surface area contributed by atoms with Crippen molar-refractivity contribution in [2.24, 2.45) is 11.7 Å². The minimum absolute atomic E-state index is 0.0787. The number of hydrogen-bond acceptors (Lipinski definition) is 3. The van der Waals surface area contributed by atoms with Crippen LogP contribution in [0.5, 0.6) is 0 Å². The van der Waals surface area contributed by atoms with E-state index in [2.05, 4.69) is 20.9 Å². The lowest BCUT2D eigenvalue weighted by molar-refractivity contribution is 0.0687. The SMILES string of the molecule is NCCC1CCN(C(=O)c2cncc(Br)c2)CC1. The van der Waals surface area contributed by atoms with Crippen molar-refractivity contribution in [1.29, 1.82) is 0 Å². The lowest BCUT2D eigenvalue weighted by Crippen LogP contribution is -2.38. The second kappa shape index (κ2) is 6.29. The maximum Gasteiger partial charge on any atom is 0.255 e. The maximum atomic E-state index is 12.3. The number of likely N-dealkylation sites (tertiary alicyclic amines) is 1. The monoisotopic (exact) mass is 311 g/mol. The fourth-order valence-electron chi connectivity index (χ4n) is 2.37. The summed E-state index contributed by atoms with van der Waals surface area (Å²) in [5, 5.41) is 0. The summed E-state index contributed by atoms with van der Waals surface area (Å²) >= 11 is 3.34. The van der Waals surface area contributed by atoms with Crippen LogP contribution in [0.15, 0.2) is 22.9 Å². The Hall–Kier alpha value is -0.940. The molecular formula is C13H18BrN3O. The van der Waals surface area contributed by atoms with Gasteiger partial charge in [0, 0.05) is 30.0 Å². The molecule has 2 N–H and O–H groups in total. The molecule has 98 valence electrons. The van der Waals surface area contributed by atoms with Gasteiger partial charge in [-0.05, 0) is 53.7 Å². The largest absolute Gasteiger partial charge is 0.339 e. The predicted molar refractivity (Wildman–Crippen MR) is 74.2 cm³/mol. The zero-order valence-corrected chi connectivity index (χ0v) is 11.9. The highest BCUT2D eigenvalue weighted by Gasteiger charge is 2.23. The van der Waals surface area contributed by atoms with Crippen LogP contribution in [0.3, 0.4) is 0 Å². The summed E-state index contributed by atoms with van der Waals surface area (Å²) in [7, 11) is 0. The van der Waals surface area contributed by atoms with E-state index in [1.54, 1.807) is 12.4 Å². The Morgan fingerprint density at radius 1 is 1.44 bits per heavy atom. The fourth-order valence-corrected chi connectivity index (χ4v) is 2.74. The molecule has 2 heterocycles. The molecule has 0 saturated carbocycles. The number of nitrogens with two attached hydrogens (primary N) is 1. The molecule has 1 aliphatic heterocycles. The van der Waals surface area contributed by atoms with E-state index >= 15 is 0 Å². The second-order valence-electron chi connectivity index (χ2n) is 4.70. The highest BCUT2D eigenvalue weighted by molar-refractivity contribution is 9.10. The lowest BCUT2D eigenvalue weighted by Gasteiger charge is -2.31. The maximum absolute atomic E-state index is 12.3. The predicted octanol–water partition coefficient (Wildman–Crippen LogP) is 2.05. The fraction of sp³-hybridized carbons (Fsp3) is 0.538. The average molecular weight is 312 g/mol. The van der Waals surface area contributed by atoms with Gasteiger partial charge < -0.3 is 10.6 Å². The Balaban J connectivity index is 1.95. The van der Waals surface area contributed by atoms with Crippen LogP contribution in [-0.4, -0.2) is 35.4 Å². The third kappa shape index (κ3) is 3.29. The van der Waals surface area contributed by atoms with E-state index in [-0.39, 0.29) is 5.91 Å². The van der Waals surface area contributed by atoms with Gasteiger partial charge in [0.25, 0.3) is 5.91 Å². The molecule has 0 radical (unpaired) electrons. The number of nitrogens with zero attached hydrogens (tertiary/aromatic N) is 2. The van der Waals surface area contributed by atoms with Crippen molar-refractivity contribution in [2.75, 3.05) is 19.6 Å². The summed E-state index contributed by atoms with van der Waals surface area (Å²) in [5.74, 6) is 0.759. The number of piperidine rings is 1. The van der Waals surface area contributed by atoms with Crippen molar-refractivity contribution in [3.63, 3.8) is 0 Å². The molecule has 1 aromatic rings. The van der Waals surface area contributed by atoms with Crippen LogP contribution < -0.4 is 5.73 Å². The summed E-state index contributed by atoms with van der Waals surface area (Å²) in [6.45, 7) is 2.40. The third-order valence-electron chi connectivity index (χ3n) is 3.43. The number of hydrogen-bond donors (Lipinski definition) is 1. The van der Waals surface area contributed by atoms with E-state index in [1.807, 2.05) is 11.0 Å². The molecule has 0 aliphatic carbocycles. The van der Waals surface area contributed by atoms with E-state index in [1.165, 1.54) is 0 Å². The number of carbonyl (C=O) groups is 1. The number of pyridine rings is 1. The van der Waals surface area contributed by atoms with Crippen LogP contribution in [0.1, 0.15) is 29.6 Å². The van der Waals surface area contributed by atoms with Gasteiger partial charge in [-0.2, -0.15) is 0 Å². The van der Waals surface area contributed by atoms with Gasteiger partial charge >= 0.3 is 0 Å². The molecule has 0 aromatic carbocycles. The van der Waals surface area contributed by atoms with Gasteiger partial charge in [-0.1, -0.05) is 0 Å². The molecule has 1 aromatic heterocycles. The number of amides is 1. The zero-order valence-electron chi connectivity index (χ0n) is 10.3. The van der Waals surface area contributed by atoms with Gasteiger partial charge in [-0.15, -0.1) is 0 Å². The van der Waals surface area contributed by atoms with Gasteiger partial charge in [0.2, 0.25) is 0 Å². The van der Waals surface area contributed by atoms with Gasteiger partial charge in [-0.3, -0.25) is 9.78 Å². The summed E-state index contributed by atoms with van der Waals surface area (Å²) in [6, 6.07) is 1.82. The third-order valence-corrected chi connectivity index (χ3v) is 3.86. The Kier molecular flexibility index (Phi) is 4.72.